The Kier molecular flexibility index (Phi) is 6.59. The van der Waals surface area contributed by atoms with Gasteiger partial charge in [-0.15, -0.1) is 0 Å². The number of benzene rings is 2. The topological polar surface area (TPSA) is 94.8 Å². The zero-order valence-electron chi connectivity index (χ0n) is 17.9. The first-order valence-corrected chi connectivity index (χ1v) is 11.2. The fourth-order valence-corrected chi connectivity index (χ4v) is 5.11. The normalized spacial score (nSPS) is 12.2. The molecule has 0 fully saturated rings. The molecule has 8 nitrogen and oxygen atoms in total. The van der Waals surface area contributed by atoms with Crippen molar-refractivity contribution in [3.8, 4) is 22.9 Å². The minimum absolute atomic E-state index is 0.0349. The van der Waals surface area contributed by atoms with E-state index >= 15 is 0 Å². The second-order valence-electron chi connectivity index (χ2n) is 7.72. The summed E-state index contributed by atoms with van der Waals surface area (Å²) < 4.78 is 44.1. The molecule has 1 aromatic heterocycles. The number of sulfonamides is 1. The van der Waals surface area contributed by atoms with Crippen molar-refractivity contribution < 1.29 is 22.4 Å². The van der Waals surface area contributed by atoms with Gasteiger partial charge in [0.15, 0.2) is 0 Å². The monoisotopic (exact) mass is 465 g/mol. The summed E-state index contributed by atoms with van der Waals surface area (Å²) in [6.45, 7) is 5.22. The van der Waals surface area contributed by atoms with Crippen molar-refractivity contribution in [3.63, 3.8) is 0 Å². The second-order valence-corrected chi connectivity index (χ2v) is 9.99. The lowest BCUT2D eigenvalue weighted by Gasteiger charge is -2.33. The molecule has 3 aromatic rings. The van der Waals surface area contributed by atoms with Gasteiger partial charge >= 0.3 is 0 Å². The van der Waals surface area contributed by atoms with E-state index < -0.39 is 15.6 Å². The van der Waals surface area contributed by atoms with Crippen LogP contribution in [0.25, 0.3) is 11.4 Å². The molecule has 0 amide bonds. The summed E-state index contributed by atoms with van der Waals surface area (Å²) in [5, 5.41) is 4.27. The smallest absolute Gasteiger partial charge is 0.247 e. The molecule has 0 atom stereocenters. The summed E-state index contributed by atoms with van der Waals surface area (Å²) >= 11 is 6.06. The van der Waals surface area contributed by atoms with Gasteiger partial charge in [0.1, 0.15) is 16.4 Å². The Morgan fingerprint density at radius 2 is 1.74 bits per heavy atom. The quantitative estimate of drug-likeness (QED) is 0.510. The van der Waals surface area contributed by atoms with Gasteiger partial charge in [0.25, 0.3) is 0 Å². The van der Waals surface area contributed by atoms with Gasteiger partial charge in [-0.3, -0.25) is 0 Å². The van der Waals surface area contributed by atoms with Crippen molar-refractivity contribution in [1.29, 1.82) is 0 Å². The van der Waals surface area contributed by atoms with Crippen LogP contribution in [0.2, 0.25) is 5.02 Å². The number of aromatic nitrogens is 2. The molecule has 2 aromatic carbocycles. The molecule has 0 spiro atoms. The molecule has 0 aliphatic heterocycles. The van der Waals surface area contributed by atoms with E-state index in [0.717, 1.165) is 5.56 Å². The van der Waals surface area contributed by atoms with Crippen LogP contribution in [0.1, 0.15) is 26.7 Å². The first kappa shape index (κ1) is 23.1. The van der Waals surface area contributed by atoms with Crippen LogP contribution in [0.5, 0.6) is 11.5 Å². The molecule has 0 saturated heterocycles. The van der Waals surface area contributed by atoms with Gasteiger partial charge < -0.3 is 14.0 Å². The van der Waals surface area contributed by atoms with Crippen LogP contribution in [0.4, 0.5) is 0 Å². The fourth-order valence-electron chi connectivity index (χ4n) is 2.95. The minimum atomic E-state index is -4.01. The van der Waals surface area contributed by atoms with Gasteiger partial charge in [-0.05, 0) is 63.2 Å². The van der Waals surface area contributed by atoms with E-state index in [1.54, 1.807) is 58.2 Å². The maximum Gasteiger partial charge on any atom is 0.247 e. The molecule has 10 heteroatoms. The molecule has 0 radical (unpaired) electrons. The third-order valence-electron chi connectivity index (χ3n) is 4.54. The van der Waals surface area contributed by atoms with E-state index in [4.69, 9.17) is 25.6 Å². The Balaban J connectivity index is 1.96. The van der Waals surface area contributed by atoms with Crippen molar-refractivity contribution in [2.24, 2.45) is 0 Å². The summed E-state index contributed by atoms with van der Waals surface area (Å²) in [7, 11) is -1.02. The maximum atomic E-state index is 13.5. The predicted molar refractivity (Wildman–Crippen MR) is 117 cm³/mol. The summed E-state index contributed by atoms with van der Waals surface area (Å²) in [6, 6.07) is 11.6. The van der Waals surface area contributed by atoms with E-state index in [2.05, 4.69) is 10.1 Å². The molecule has 0 saturated carbocycles. The molecule has 0 unspecified atom stereocenters. The van der Waals surface area contributed by atoms with E-state index in [-0.39, 0.29) is 28.1 Å². The lowest BCUT2D eigenvalue weighted by Crippen LogP contribution is -2.45. The fraction of sp³-hybridized carbons (Fsp3) is 0.333. The van der Waals surface area contributed by atoms with E-state index in [9.17, 15) is 8.42 Å². The van der Waals surface area contributed by atoms with E-state index in [1.807, 2.05) is 0 Å². The van der Waals surface area contributed by atoms with Gasteiger partial charge in [0.2, 0.25) is 21.7 Å². The van der Waals surface area contributed by atoms with Crippen LogP contribution in [-0.2, 0) is 16.6 Å². The van der Waals surface area contributed by atoms with Crippen LogP contribution in [0.3, 0.4) is 0 Å². The maximum absolute atomic E-state index is 13.5. The molecular weight excluding hydrogens is 442 g/mol. The Hall–Kier alpha value is -2.62. The lowest BCUT2D eigenvalue weighted by atomic mass is 10.1. The largest absolute Gasteiger partial charge is 0.497 e. The molecular formula is C21H24ClN3O5S. The molecule has 3 rings (SSSR count). The van der Waals surface area contributed by atoms with Crippen LogP contribution >= 0.6 is 11.6 Å². The van der Waals surface area contributed by atoms with Crippen molar-refractivity contribution in [2.45, 2.75) is 37.8 Å². The number of halogens is 1. The molecule has 1 heterocycles. The minimum Gasteiger partial charge on any atom is -0.497 e. The van der Waals surface area contributed by atoms with Crippen molar-refractivity contribution >= 4 is 21.6 Å². The van der Waals surface area contributed by atoms with Crippen LogP contribution in [-0.4, -0.2) is 42.6 Å². The summed E-state index contributed by atoms with van der Waals surface area (Å²) in [5.74, 6) is 1.41. The van der Waals surface area contributed by atoms with Gasteiger partial charge in [-0.1, -0.05) is 16.8 Å². The van der Waals surface area contributed by atoms with Crippen LogP contribution < -0.4 is 9.47 Å². The first-order chi connectivity index (χ1) is 14.6. The number of nitrogens with zero attached hydrogens (tertiary/aromatic N) is 3. The van der Waals surface area contributed by atoms with E-state index in [0.29, 0.717) is 11.6 Å². The lowest BCUT2D eigenvalue weighted by molar-refractivity contribution is 0.214. The van der Waals surface area contributed by atoms with Crippen LogP contribution in [0.15, 0.2) is 51.9 Å². The Morgan fingerprint density at radius 1 is 1.06 bits per heavy atom. The zero-order chi connectivity index (χ0) is 22.8. The predicted octanol–water partition coefficient (Wildman–Crippen LogP) is 4.40. The van der Waals surface area contributed by atoms with Crippen LogP contribution in [0, 0.1) is 0 Å². The highest BCUT2D eigenvalue weighted by atomic mass is 35.5. The average Bonchev–Trinajstić information content (AvgIpc) is 3.20. The van der Waals surface area contributed by atoms with Gasteiger partial charge in [-0.25, -0.2) is 8.42 Å². The Labute approximate surface area is 186 Å². The third-order valence-corrected chi connectivity index (χ3v) is 6.90. The van der Waals surface area contributed by atoms with Crippen molar-refractivity contribution in [2.75, 3.05) is 14.2 Å². The first-order valence-electron chi connectivity index (χ1n) is 9.39. The number of methoxy groups -OCH3 is 2. The second kappa shape index (κ2) is 8.86. The van der Waals surface area contributed by atoms with Gasteiger partial charge in [0.05, 0.1) is 20.8 Å². The Bertz CT molecular complexity index is 1150. The van der Waals surface area contributed by atoms with Gasteiger partial charge in [0, 0.05) is 16.1 Å². The molecule has 0 bridgehead atoms. The Morgan fingerprint density at radius 3 is 2.32 bits per heavy atom. The summed E-state index contributed by atoms with van der Waals surface area (Å²) in [5.41, 5.74) is -0.0709. The van der Waals surface area contributed by atoms with Crippen molar-refractivity contribution in [1.82, 2.24) is 14.4 Å². The number of hydrogen-bond donors (Lipinski definition) is 0. The highest BCUT2D eigenvalue weighted by Gasteiger charge is 2.37. The SMILES string of the molecule is COc1ccc(-c2noc(CN(C(C)(C)C)S(=O)(=O)c3cc(Cl)ccc3OC)n2)cc1. The van der Waals surface area contributed by atoms with Crippen molar-refractivity contribution in [3.05, 3.63) is 53.4 Å². The molecule has 0 aliphatic rings. The van der Waals surface area contributed by atoms with E-state index in [1.165, 1.54) is 23.5 Å². The molecule has 166 valence electrons. The summed E-state index contributed by atoms with van der Waals surface area (Å²) in [6.07, 6.45) is 0. The molecule has 31 heavy (non-hydrogen) atoms. The number of rotatable bonds is 7. The number of ether oxygens (including phenoxy) is 2. The highest BCUT2D eigenvalue weighted by Crippen LogP contribution is 2.34. The highest BCUT2D eigenvalue weighted by molar-refractivity contribution is 7.89. The third kappa shape index (κ3) is 5.00. The van der Waals surface area contributed by atoms with Gasteiger partial charge in [-0.2, -0.15) is 9.29 Å². The summed E-state index contributed by atoms with van der Waals surface area (Å²) in [4.78, 5) is 4.34. The molecule has 0 N–H and O–H groups in total. The average molecular weight is 466 g/mol. The zero-order valence-corrected chi connectivity index (χ0v) is 19.5. The standard InChI is InChI=1S/C21H24ClN3O5S/c1-21(2,3)25(31(26,27)18-12-15(22)8-11-17(18)29-5)13-19-23-20(24-30-19)14-6-9-16(28-4)10-7-14/h6-12H,13H2,1-5H3. The molecule has 0 aliphatic carbocycles. The number of hydrogen-bond acceptors (Lipinski definition) is 7.